The number of carbonyl (C=O) groups is 1. The number of allylic oxidation sites excluding steroid dienone is 1. The fourth-order valence-electron chi connectivity index (χ4n) is 2.25. The van der Waals surface area contributed by atoms with E-state index in [-0.39, 0.29) is 5.78 Å². The predicted molar refractivity (Wildman–Crippen MR) is 89.7 cm³/mol. The maximum absolute atomic E-state index is 12.2. The van der Waals surface area contributed by atoms with Gasteiger partial charge in [0.1, 0.15) is 5.75 Å². The Labute approximate surface area is 133 Å². The van der Waals surface area contributed by atoms with Gasteiger partial charge in [0.25, 0.3) is 0 Å². The van der Waals surface area contributed by atoms with Crippen molar-refractivity contribution in [3.63, 3.8) is 0 Å². The molecular formula is C18H14ClNO2. The van der Waals surface area contributed by atoms with Gasteiger partial charge in [-0.05, 0) is 42.5 Å². The summed E-state index contributed by atoms with van der Waals surface area (Å²) < 4.78 is 5.08. The number of hydrogen-bond donors (Lipinski definition) is 1. The van der Waals surface area contributed by atoms with E-state index in [1.54, 1.807) is 37.5 Å². The number of hydrogen-bond acceptors (Lipinski definition) is 2. The molecule has 1 aromatic heterocycles. The van der Waals surface area contributed by atoms with Gasteiger partial charge in [-0.25, -0.2) is 0 Å². The van der Waals surface area contributed by atoms with Crippen molar-refractivity contribution in [1.29, 1.82) is 0 Å². The molecule has 0 bridgehead atoms. The first-order chi connectivity index (χ1) is 10.7. The van der Waals surface area contributed by atoms with E-state index >= 15 is 0 Å². The number of benzene rings is 2. The number of methoxy groups -OCH3 is 1. The maximum atomic E-state index is 12.2. The maximum Gasteiger partial charge on any atom is 0.185 e. The number of ether oxygens (including phenoxy) is 1. The molecule has 4 heteroatoms. The Balaban J connectivity index is 1.85. The van der Waals surface area contributed by atoms with Crippen LogP contribution in [0.3, 0.4) is 0 Å². The summed E-state index contributed by atoms with van der Waals surface area (Å²) in [6.45, 7) is 0. The molecule has 0 spiro atoms. The summed E-state index contributed by atoms with van der Waals surface area (Å²) in [6, 6.07) is 14.7. The first kappa shape index (κ1) is 14.4. The lowest BCUT2D eigenvalue weighted by Gasteiger charge is -2.00. The van der Waals surface area contributed by atoms with E-state index in [4.69, 9.17) is 16.3 Å². The summed E-state index contributed by atoms with van der Waals surface area (Å²) in [4.78, 5) is 15.4. The molecule has 1 N–H and O–H groups in total. The van der Waals surface area contributed by atoms with Gasteiger partial charge in [-0.2, -0.15) is 0 Å². The number of aromatic nitrogens is 1. The van der Waals surface area contributed by atoms with Crippen LogP contribution in [-0.2, 0) is 0 Å². The average molecular weight is 312 g/mol. The lowest BCUT2D eigenvalue weighted by atomic mass is 10.1. The molecule has 22 heavy (non-hydrogen) atoms. The molecule has 3 nitrogen and oxygen atoms in total. The summed E-state index contributed by atoms with van der Waals surface area (Å²) in [5, 5.41) is 1.56. The molecule has 110 valence electrons. The quantitative estimate of drug-likeness (QED) is 0.559. The minimum Gasteiger partial charge on any atom is -0.497 e. The number of fused-ring (bicyclic) bond motifs is 1. The van der Waals surface area contributed by atoms with Crippen molar-refractivity contribution in [1.82, 2.24) is 4.98 Å². The van der Waals surface area contributed by atoms with E-state index < -0.39 is 0 Å². The highest BCUT2D eigenvalue weighted by molar-refractivity contribution is 6.37. The van der Waals surface area contributed by atoms with E-state index in [9.17, 15) is 4.79 Å². The van der Waals surface area contributed by atoms with Crippen LogP contribution in [0, 0.1) is 0 Å². The number of carbonyl (C=O) groups excluding carboxylic acids is 1. The Hall–Kier alpha value is -2.52. The van der Waals surface area contributed by atoms with Crippen molar-refractivity contribution in [2.24, 2.45) is 0 Å². The Bertz CT molecular complexity index is 847. The summed E-state index contributed by atoms with van der Waals surface area (Å²) >= 11 is 6.32. The number of H-pyrrole nitrogens is 1. The topological polar surface area (TPSA) is 42.1 Å². The van der Waals surface area contributed by atoms with Crippen LogP contribution < -0.4 is 4.74 Å². The van der Waals surface area contributed by atoms with Crippen LogP contribution in [0.25, 0.3) is 17.0 Å². The number of para-hydroxylation sites is 1. The van der Waals surface area contributed by atoms with Gasteiger partial charge in [0, 0.05) is 16.5 Å². The van der Waals surface area contributed by atoms with E-state index in [1.165, 1.54) is 6.08 Å². The Morgan fingerprint density at radius 2 is 1.86 bits per heavy atom. The largest absolute Gasteiger partial charge is 0.497 e. The van der Waals surface area contributed by atoms with Crippen molar-refractivity contribution in [3.05, 3.63) is 70.9 Å². The van der Waals surface area contributed by atoms with E-state index in [0.29, 0.717) is 10.6 Å². The minimum atomic E-state index is -0.0858. The van der Waals surface area contributed by atoms with Gasteiger partial charge in [0.2, 0.25) is 0 Å². The van der Waals surface area contributed by atoms with Gasteiger partial charge in [0.15, 0.2) is 5.78 Å². The SMILES string of the molecule is COc1ccc(C(=O)/C=C\c2[nH]c3ccccc3c2Cl)cc1. The zero-order valence-corrected chi connectivity index (χ0v) is 12.7. The molecule has 0 aliphatic heterocycles. The van der Waals surface area contributed by atoms with Gasteiger partial charge in [-0.1, -0.05) is 29.8 Å². The third-order valence-corrected chi connectivity index (χ3v) is 3.85. The molecular weight excluding hydrogens is 298 g/mol. The Morgan fingerprint density at radius 3 is 2.55 bits per heavy atom. The number of aromatic amines is 1. The highest BCUT2D eigenvalue weighted by Gasteiger charge is 2.07. The normalized spacial score (nSPS) is 11.2. The number of rotatable bonds is 4. The van der Waals surface area contributed by atoms with Gasteiger partial charge in [-0.15, -0.1) is 0 Å². The van der Waals surface area contributed by atoms with Crippen LogP contribution >= 0.6 is 11.6 Å². The molecule has 1 heterocycles. The van der Waals surface area contributed by atoms with E-state index in [0.717, 1.165) is 22.3 Å². The zero-order chi connectivity index (χ0) is 15.5. The van der Waals surface area contributed by atoms with Crippen molar-refractivity contribution >= 4 is 34.4 Å². The third-order valence-electron chi connectivity index (χ3n) is 3.45. The molecule has 2 aromatic carbocycles. The number of nitrogens with one attached hydrogen (secondary N) is 1. The van der Waals surface area contributed by atoms with Gasteiger partial charge < -0.3 is 9.72 Å². The molecule has 0 amide bonds. The summed E-state index contributed by atoms with van der Waals surface area (Å²) in [7, 11) is 1.59. The molecule has 3 aromatic rings. The van der Waals surface area contributed by atoms with Crippen LogP contribution in [0.15, 0.2) is 54.6 Å². The van der Waals surface area contributed by atoms with E-state index in [1.807, 2.05) is 24.3 Å². The first-order valence-electron chi connectivity index (χ1n) is 6.81. The third kappa shape index (κ3) is 2.76. The standard InChI is InChI=1S/C18H14ClNO2/c1-22-13-8-6-12(7-9-13)17(21)11-10-16-18(19)14-4-2-3-5-15(14)20-16/h2-11,20H,1H3/b11-10-. The fraction of sp³-hybridized carbons (Fsp3) is 0.0556. The second-order valence-electron chi connectivity index (χ2n) is 4.82. The second-order valence-corrected chi connectivity index (χ2v) is 5.20. The minimum absolute atomic E-state index is 0.0858. The Morgan fingerprint density at radius 1 is 1.14 bits per heavy atom. The van der Waals surface area contributed by atoms with Gasteiger partial charge in [-0.3, -0.25) is 4.79 Å². The molecule has 0 radical (unpaired) electrons. The van der Waals surface area contributed by atoms with Crippen molar-refractivity contribution in [2.75, 3.05) is 7.11 Å². The summed E-state index contributed by atoms with van der Waals surface area (Å²) in [5.41, 5.74) is 2.28. The number of halogens is 1. The lowest BCUT2D eigenvalue weighted by Crippen LogP contribution is -1.94. The molecule has 3 rings (SSSR count). The van der Waals surface area contributed by atoms with Crippen molar-refractivity contribution in [3.8, 4) is 5.75 Å². The van der Waals surface area contributed by atoms with Crippen LogP contribution in [0.5, 0.6) is 5.75 Å². The molecule has 0 aliphatic carbocycles. The van der Waals surface area contributed by atoms with Gasteiger partial charge in [0.05, 0.1) is 17.8 Å². The lowest BCUT2D eigenvalue weighted by molar-refractivity contribution is 0.104. The Kier molecular flexibility index (Phi) is 3.98. The smallest absolute Gasteiger partial charge is 0.185 e. The van der Waals surface area contributed by atoms with Crippen LogP contribution in [0.1, 0.15) is 16.1 Å². The second kappa shape index (κ2) is 6.08. The first-order valence-corrected chi connectivity index (χ1v) is 7.19. The van der Waals surface area contributed by atoms with Gasteiger partial charge >= 0.3 is 0 Å². The predicted octanol–water partition coefficient (Wildman–Crippen LogP) is 4.73. The summed E-state index contributed by atoms with van der Waals surface area (Å²) in [6.07, 6.45) is 3.22. The highest BCUT2D eigenvalue weighted by atomic mass is 35.5. The average Bonchev–Trinajstić information content (AvgIpc) is 2.89. The molecule has 0 aliphatic rings. The van der Waals surface area contributed by atoms with E-state index in [2.05, 4.69) is 4.98 Å². The molecule has 0 unspecified atom stereocenters. The molecule has 0 saturated heterocycles. The van der Waals surface area contributed by atoms with Crippen LogP contribution in [0.2, 0.25) is 5.02 Å². The molecule has 0 atom stereocenters. The van der Waals surface area contributed by atoms with Crippen LogP contribution in [-0.4, -0.2) is 17.9 Å². The zero-order valence-electron chi connectivity index (χ0n) is 12.0. The fourth-order valence-corrected chi connectivity index (χ4v) is 2.53. The monoisotopic (exact) mass is 311 g/mol. The number of ketones is 1. The van der Waals surface area contributed by atoms with Crippen molar-refractivity contribution < 1.29 is 9.53 Å². The van der Waals surface area contributed by atoms with Crippen LogP contribution in [0.4, 0.5) is 0 Å². The summed E-state index contributed by atoms with van der Waals surface area (Å²) in [5.74, 6) is 0.636. The molecule has 0 fully saturated rings. The molecule has 0 saturated carbocycles. The van der Waals surface area contributed by atoms with Crippen molar-refractivity contribution in [2.45, 2.75) is 0 Å². The highest BCUT2D eigenvalue weighted by Crippen LogP contribution is 2.28.